The number of aryl methyl sites for hydroxylation is 1. The minimum Gasteiger partial charge on any atom is -0.384 e. The second kappa shape index (κ2) is 5.43. The van der Waals surface area contributed by atoms with Gasteiger partial charge >= 0.3 is 0 Å². The van der Waals surface area contributed by atoms with Gasteiger partial charge in [0, 0.05) is 24.6 Å². The van der Waals surface area contributed by atoms with Crippen LogP contribution in [0.5, 0.6) is 0 Å². The van der Waals surface area contributed by atoms with E-state index in [2.05, 4.69) is 10.3 Å². The van der Waals surface area contributed by atoms with Gasteiger partial charge in [-0.25, -0.2) is 4.39 Å². The second-order valence-corrected chi connectivity index (χ2v) is 3.99. The third kappa shape index (κ3) is 3.28. The first kappa shape index (κ1) is 11.6. The fourth-order valence-corrected chi connectivity index (χ4v) is 1.66. The maximum atomic E-state index is 12.7. The van der Waals surface area contributed by atoms with Crippen LogP contribution < -0.4 is 5.32 Å². The lowest BCUT2D eigenvalue weighted by molar-refractivity contribution is 0.627. The van der Waals surface area contributed by atoms with Crippen LogP contribution in [0.3, 0.4) is 0 Å². The number of hydrogen-bond donors (Lipinski definition) is 1. The summed E-state index contributed by atoms with van der Waals surface area (Å²) in [6.45, 7) is 2.85. The summed E-state index contributed by atoms with van der Waals surface area (Å²) in [5, 5.41) is 3.34. The summed E-state index contributed by atoms with van der Waals surface area (Å²) in [6.07, 6.45) is 4.48. The van der Waals surface area contributed by atoms with E-state index in [0.717, 1.165) is 29.8 Å². The standard InChI is InChI=1S/C14H15FN2/c1-11-10-16-8-7-14(11)17-9-6-12-2-4-13(15)5-3-12/h2-5,7-8,10H,6,9H2,1H3,(H,16,17). The zero-order valence-electron chi connectivity index (χ0n) is 9.78. The van der Waals surface area contributed by atoms with Crippen molar-refractivity contribution < 1.29 is 4.39 Å². The van der Waals surface area contributed by atoms with E-state index < -0.39 is 0 Å². The van der Waals surface area contributed by atoms with E-state index in [1.165, 1.54) is 12.1 Å². The Morgan fingerprint density at radius 3 is 2.65 bits per heavy atom. The van der Waals surface area contributed by atoms with Crippen LogP contribution >= 0.6 is 0 Å². The Morgan fingerprint density at radius 2 is 1.94 bits per heavy atom. The van der Waals surface area contributed by atoms with Crippen LogP contribution in [0.1, 0.15) is 11.1 Å². The number of nitrogens with zero attached hydrogens (tertiary/aromatic N) is 1. The number of nitrogens with one attached hydrogen (secondary N) is 1. The van der Waals surface area contributed by atoms with Crippen molar-refractivity contribution in [2.24, 2.45) is 0 Å². The predicted octanol–water partition coefficient (Wildman–Crippen LogP) is 3.18. The van der Waals surface area contributed by atoms with Gasteiger partial charge in [-0.15, -0.1) is 0 Å². The molecule has 0 unspecified atom stereocenters. The summed E-state index contributed by atoms with van der Waals surface area (Å²) in [7, 11) is 0. The molecule has 0 saturated heterocycles. The molecular formula is C14H15FN2. The largest absolute Gasteiger partial charge is 0.384 e. The van der Waals surface area contributed by atoms with Gasteiger partial charge in [-0.2, -0.15) is 0 Å². The zero-order chi connectivity index (χ0) is 12.1. The molecule has 2 aromatic rings. The molecule has 0 aliphatic rings. The van der Waals surface area contributed by atoms with Crippen molar-refractivity contribution in [3.63, 3.8) is 0 Å². The van der Waals surface area contributed by atoms with Gasteiger partial charge in [-0.05, 0) is 42.7 Å². The molecule has 0 amide bonds. The van der Waals surface area contributed by atoms with Crippen LogP contribution in [0.4, 0.5) is 10.1 Å². The van der Waals surface area contributed by atoms with Crippen LogP contribution in [-0.4, -0.2) is 11.5 Å². The van der Waals surface area contributed by atoms with Crippen molar-refractivity contribution in [1.82, 2.24) is 4.98 Å². The fraction of sp³-hybridized carbons (Fsp3) is 0.214. The zero-order valence-corrected chi connectivity index (χ0v) is 9.78. The monoisotopic (exact) mass is 230 g/mol. The third-order valence-corrected chi connectivity index (χ3v) is 2.66. The lowest BCUT2D eigenvalue weighted by atomic mass is 10.1. The minimum atomic E-state index is -0.188. The highest BCUT2D eigenvalue weighted by Gasteiger charge is 1.97. The Balaban J connectivity index is 1.88. The number of aromatic nitrogens is 1. The number of anilines is 1. The average Bonchev–Trinajstić information content (AvgIpc) is 2.34. The van der Waals surface area contributed by atoms with Gasteiger partial charge in [-0.3, -0.25) is 4.98 Å². The van der Waals surface area contributed by atoms with Gasteiger partial charge in [-0.1, -0.05) is 12.1 Å². The van der Waals surface area contributed by atoms with Crippen molar-refractivity contribution in [3.05, 3.63) is 59.7 Å². The Bertz CT molecular complexity index is 480. The molecule has 3 heteroatoms. The maximum Gasteiger partial charge on any atom is 0.123 e. The van der Waals surface area contributed by atoms with Crippen molar-refractivity contribution in [2.45, 2.75) is 13.3 Å². The van der Waals surface area contributed by atoms with Gasteiger partial charge in [0.1, 0.15) is 5.82 Å². The van der Waals surface area contributed by atoms with Crippen LogP contribution in [0.2, 0.25) is 0 Å². The molecule has 2 nitrogen and oxygen atoms in total. The Morgan fingerprint density at radius 1 is 1.18 bits per heavy atom. The number of hydrogen-bond acceptors (Lipinski definition) is 2. The number of benzene rings is 1. The highest BCUT2D eigenvalue weighted by Crippen LogP contribution is 2.11. The molecule has 1 N–H and O–H groups in total. The van der Waals surface area contributed by atoms with Crippen LogP contribution in [0.25, 0.3) is 0 Å². The van der Waals surface area contributed by atoms with Crippen LogP contribution in [0, 0.1) is 12.7 Å². The Kier molecular flexibility index (Phi) is 3.70. The fourth-order valence-electron chi connectivity index (χ4n) is 1.66. The van der Waals surface area contributed by atoms with E-state index in [4.69, 9.17) is 0 Å². The molecule has 0 saturated carbocycles. The maximum absolute atomic E-state index is 12.7. The molecule has 1 heterocycles. The molecule has 88 valence electrons. The van der Waals surface area contributed by atoms with Crippen molar-refractivity contribution in [1.29, 1.82) is 0 Å². The van der Waals surface area contributed by atoms with E-state index in [9.17, 15) is 4.39 Å². The molecule has 0 aliphatic heterocycles. The summed E-state index contributed by atoms with van der Waals surface area (Å²) in [5.74, 6) is -0.188. The molecular weight excluding hydrogens is 215 g/mol. The van der Waals surface area contributed by atoms with Crippen molar-refractivity contribution in [2.75, 3.05) is 11.9 Å². The van der Waals surface area contributed by atoms with Crippen molar-refractivity contribution >= 4 is 5.69 Å². The van der Waals surface area contributed by atoms with Gasteiger partial charge in [0.15, 0.2) is 0 Å². The summed E-state index contributed by atoms with van der Waals surface area (Å²) < 4.78 is 12.7. The highest BCUT2D eigenvalue weighted by atomic mass is 19.1. The molecule has 2 rings (SSSR count). The van der Waals surface area contributed by atoms with E-state index in [0.29, 0.717) is 0 Å². The third-order valence-electron chi connectivity index (χ3n) is 2.66. The normalized spacial score (nSPS) is 10.2. The predicted molar refractivity (Wildman–Crippen MR) is 67.6 cm³/mol. The number of rotatable bonds is 4. The summed E-state index contributed by atoms with van der Waals surface area (Å²) in [4.78, 5) is 4.04. The molecule has 0 fully saturated rings. The molecule has 0 aliphatic carbocycles. The van der Waals surface area contributed by atoms with Crippen molar-refractivity contribution in [3.8, 4) is 0 Å². The first-order chi connectivity index (χ1) is 8.25. The summed E-state index contributed by atoms with van der Waals surface area (Å²) >= 11 is 0. The first-order valence-corrected chi connectivity index (χ1v) is 5.64. The molecule has 0 radical (unpaired) electrons. The Hall–Kier alpha value is -1.90. The van der Waals surface area contributed by atoms with Gasteiger partial charge in [0.05, 0.1) is 0 Å². The first-order valence-electron chi connectivity index (χ1n) is 5.64. The van der Waals surface area contributed by atoms with Crippen LogP contribution in [0.15, 0.2) is 42.7 Å². The van der Waals surface area contributed by atoms with Gasteiger partial charge < -0.3 is 5.32 Å². The molecule has 1 aromatic heterocycles. The Labute approximate surface area is 101 Å². The lowest BCUT2D eigenvalue weighted by Gasteiger charge is -2.08. The van der Waals surface area contributed by atoms with Gasteiger partial charge in [0.2, 0.25) is 0 Å². The topological polar surface area (TPSA) is 24.9 Å². The van der Waals surface area contributed by atoms with E-state index in [1.807, 2.05) is 31.3 Å². The second-order valence-electron chi connectivity index (χ2n) is 3.99. The highest BCUT2D eigenvalue weighted by molar-refractivity contribution is 5.48. The molecule has 17 heavy (non-hydrogen) atoms. The quantitative estimate of drug-likeness (QED) is 0.872. The van der Waals surface area contributed by atoms with E-state index >= 15 is 0 Å². The smallest absolute Gasteiger partial charge is 0.123 e. The average molecular weight is 230 g/mol. The van der Waals surface area contributed by atoms with E-state index in [-0.39, 0.29) is 5.82 Å². The molecule has 0 spiro atoms. The van der Waals surface area contributed by atoms with E-state index in [1.54, 1.807) is 6.20 Å². The summed E-state index contributed by atoms with van der Waals surface area (Å²) in [6, 6.07) is 8.58. The molecule has 0 atom stereocenters. The minimum absolute atomic E-state index is 0.188. The summed E-state index contributed by atoms with van der Waals surface area (Å²) in [5.41, 5.74) is 3.36. The number of halogens is 1. The van der Waals surface area contributed by atoms with Crippen LogP contribution in [-0.2, 0) is 6.42 Å². The molecule has 0 bridgehead atoms. The SMILES string of the molecule is Cc1cnccc1NCCc1ccc(F)cc1. The molecule has 1 aromatic carbocycles. The number of pyridine rings is 1. The lowest BCUT2D eigenvalue weighted by Crippen LogP contribution is -2.06. The van der Waals surface area contributed by atoms with Gasteiger partial charge in [0.25, 0.3) is 0 Å².